The minimum atomic E-state index is -4.14. The van der Waals surface area contributed by atoms with Gasteiger partial charge in [0.1, 0.15) is 6.04 Å². The molecule has 0 aromatic rings. The molecule has 0 spiro atoms. The van der Waals surface area contributed by atoms with E-state index in [1.54, 1.807) is 11.9 Å². The summed E-state index contributed by atoms with van der Waals surface area (Å²) in [6.45, 7) is 0.371. The second-order valence-electron chi connectivity index (χ2n) is 4.97. The van der Waals surface area contributed by atoms with Crippen molar-refractivity contribution >= 4 is 5.97 Å². The maximum absolute atomic E-state index is 12.1. The van der Waals surface area contributed by atoms with E-state index in [9.17, 15) is 18.0 Å². The van der Waals surface area contributed by atoms with Crippen LogP contribution in [-0.4, -0.2) is 56.4 Å². The molecule has 0 aromatic heterocycles. The van der Waals surface area contributed by atoms with Crippen molar-refractivity contribution < 1.29 is 22.7 Å². The first kappa shape index (κ1) is 16.2. The zero-order chi connectivity index (χ0) is 14.5. The Morgan fingerprint density at radius 1 is 1.42 bits per heavy atom. The first-order valence-corrected chi connectivity index (χ1v) is 6.41. The van der Waals surface area contributed by atoms with Crippen LogP contribution < -0.4 is 5.32 Å². The summed E-state index contributed by atoms with van der Waals surface area (Å²) in [5.74, 6) is -0.351. The lowest BCUT2D eigenvalue weighted by molar-refractivity contribution is -0.144. The summed E-state index contributed by atoms with van der Waals surface area (Å²) in [6, 6.07) is -0.0737. The topological polar surface area (TPSA) is 41.6 Å². The summed E-state index contributed by atoms with van der Waals surface area (Å²) in [5, 5.41) is 3.15. The molecule has 1 unspecified atom stereocenters. The zero-order valence-corrected chi connectivity index (χ0v) is 11.3. The van der Waals surface area contributed by atoms with Gasteiger partial charge in [0.05, 0.1) is 13.5 Å². The van der Waals surface area contributed by atoms with Crippen LogP contribution in [0.3, 0.4) is 0 Å². The average Bonchev–Trinajstić information content (AvgIpc) is 3.13. The van der Waals surface area contributed by atoms with Gasteiger partial charge in [-0.1, -0.05) is 0 Å². The third kappa shape index (κ3) is 7.37. The third-order valence-corrected chi connectivity index (χ3v) is 3.08. The summed E-state index contributed by atoms with van der Waals surface area (Å²) in [5.41, 5.74) is 0. The van der Waals surface area contributed by atoms with Gasteiger partial charge in [-0.3, -0.25) is 4.79 Å². The Morgan fingerprint density at radius 3 is 2.53 bits per heavy atom. The van der Waals surface area contributed by atoms with Crippen molar-refractivity contribution in [2.75, 3.05) is 27.2 Å². The number of rotatable bonds is 8. The molecule has 1 rings (SSSR count). The molecule has 1 saturated carbocycles. The number of hydrogen-bond donors (Lipinski definition) is 1. The summed E-state index contributed by atoms with van der Waals surface area (Å²) < 4.78 is 40.9. The van der Waals surface area contributed by atoms with E-state index in [1.807, 2.05) is 0 Å². The van der Waals surface area contributed by atoms with Crippen molar-refractivity contribution in [2.45, 2.75) is 43.9 Å². The molecule has 1 N–H and O–H groups in total. The number of carbonyl (C=O) groups excluding carboxylic acids is 1. The second kappa shape index (κ2) is 7.09. The van der Waals surface area contributed by atoms with E-state index >= 15 is 0 Å². The highest BCUT2D eigenvalue weighted by Gasteiger charge is 2.30. The zero-order valence-electron chi connectivity index (χ0n) is 11.3. The molecule has 1 fully saturated rings. The van der Waals surface area contributed by atoms with E-state index < -0.39 is 18.6 Å². The molecule has 0 heterocycles. The number of carbonyl (C=O) groups is 1. The van der Waals surface area contributed by atoms with Gasteiger partial charge in [-0.2, -0.15) is 13.2 Å². The molecule has 1 aliphatic carbocycles. The monoisotopic (exact) mass is 282 g/mol. The predicted octanol–water partition coefficient (Wildman–Crippen LogP) is 1.55. The van der Waals surface area contributed by atoms with E-state index in [4.69, 9.17) is 0 Å². The molecule has 0 saturated heterocycles. The molecule has 0 radical (unpaired) electrons. The van der Waals surface area contributed by atoms with Gasteiger partial charge in [0.25, 0.3) is 0 Å². The van der Waals surface area contributed by atoms with Crippen molar-refractivity contribution in [2.24, 2.45) is 0 Å². The Hall–Kier alpha value is -0.820. The largest absolute Gasteiger partial charge is 0.468 e. The summed E-state index contributed by atoms with van der Waals surface area (Å²) in [7, 11) is 2.94. The third-order valence-electron chi connectivity index (χ3n) is 3.08. The summed E-state index contributed by atoms with van der Waals surface area (Å²) in [6.07, 6.45) is -2.43. The molecule has 0 bridgehead atoms. The van der Waals surface area contributed by atoms with Gasteiger partial charge in [-0.05, 0) is 32.9 Å². The molecular formula is C12H21F3N2O2. The van der Waals surface area contributed by atoms with Gasteiger partial charge in [-0.25, -0.2) is 0 Å². The minimum Gasteiger partial charge on any atom is -0.468 e. The van der Waals surface area contributed by atoms with Crippen LogP contribution in [0.2, 0.25) is 0 Å². The molecule has 0 amide bonds. The Bertz CT molecular complexity index is 293. The quantitative estimate of drug-likeness (QED) is 0.686. The van der Waals surface area contributed by atoms with Crippen molar-refractivity contribution in [3.05, 3.63) is 0 Å². The molecule has 0 aliphatic heterocycles. The van der Waals surface area contributed by atoms with E-state index in [-0.39, 0.29) is 12.5 Å². The van der Waals surface area contributed by atoms with Crippen LogP contribution in [0.4, 0.5) is 13.2 Å². The van der Waals surface area contributed by atoms with Crippen molar-refractivity contribution in [1.29, 1.82) is 0 Å². The standard InChI is InChI=1S/C12H21F3N2O2/c1-17(8-6-12(13,14)15)7-5-10(11(18)19-2)16-9-3-4-9/h9-10,16H,3-8H2,1-2H3. The molecular weight excluding hydrogens is 261 g/mol. The fourth-order valence-electron chi connectivity index (χ4n) is 1.72. The first-order chi connectivity index (χ1) is 8.81. The second-order valence-corrected chi connectivity index (χ2v) is 4.97. The highest BCUT2D eigenvalue weighted by atomic mass is 19.4. The number of methoxy groups -OCH3 is 1. The van der Waals surface area contributed by atoms with Gasteiger partial charge in [0.2, 0.25) is 0 Å². The highest BCUT2D eigenvalue weighted by molar-refractivity contribution is 5.75. The summed E-state index contributed by atoms with van der Waals surface area (Å²) >= 11 is 0. The number of ether oxygens (including phenoxy) is 1. The van der Waals surface area contributed by atoms with Gasteiger partial charge >= 0.3 is 12.1 Å². The van der Waals surface area contributed by atoms with Crippen LogP contribution in [0.5, 0.6) is 0 Å². The SMILES string of the molecule is COC(=O)C(CCN(C)CCC(F)(F)F)NC1CC1. The molecule has 1 atom stereocenters. The number of esters is 1. The molecule has 112 valence electrons. The number of nitrogens with one attached hydrogen (secondary N) is 1. The maximum atomic E-state index is 12.1. The van der Waals surface area contributed by atoms with Gasteiger partial charge in [0.15, 0.2) is 0 Å². The van der Waals surface area contributed by atoms with E-state index in [0.29, 0.717) is 19.0 Å². The van der Waals surface area contributed by atoms with Gasteiger partial charge < -0.3 is 15.0 Å². The first-order valence-electron chi connectivity index (χ1n) is 6.41. The molecule has 0 aromatic carbocycles. The van der Waals surface area contributed by atoms with E-state index in [2.05, 4.69) is 10.1 Å². The number of hydrogen-bond acceptors (Lipinski definition) is 4. The van der Waals surface area contributed by atoms with Crippen LogP contribution in [0.15, 0.2) is 0 Å². The average molecular weight is 282 g/mol. The van der Waals surface area contributed by atoms with Crippen LogP contribution in [-0.2, 0) is 9.53 Å². The van der Waals surface area contributed by atoms with Crippen LogP contribution >= 0.6 is 0 Å². The molecule has 7 heteroatoms. The van der Waals surface area contributed by atoms with Crippen molar-refractivity contribution in [3.8, 4) is 0 Å². The lowest BCUT2D eigenvalue weighted by atomic mass is 10.2. The minimum absolute atomic E-state index is 0.0547. The predicted molar refractivity (Wildman–Crippen MR) is 64.7 cm³/mol. The lowest BCUT2D eigenvalue weighted by Crippen LogP contribution is -2.41. The molecule has 4 nitrogen and oxygen atoms in total. The van der Waals surface area contributed by atoms with E-state index in [0.717, 1.165) is 12.8 Å². The Morgan fingerprint density at radius 2 is 2.05 bits per heavy atom. The lowest BCUT2D eigenvalue weighted by Gasteiger charge is -2.21. The fraction of sp³-hybridized carbons (Fsp3) is 0.917. The van der Waals surface area contributed by atoms with Crippen molar-refractivity contribution in [3.63, 3.8) is 0 Å². The van der Waals surface area contributed by atoms with E-state index in [1.165, 1.54) is 7.11 Å². The van der Waals surface area contributed by atoms with Crippen LogP contribution in [0, 0.1) is 0 Å². The Kier molecular flexibility index (Phi) is 6.06. The normalized spacial score (nSPS) is 17.6. The van der Waals surface area contributed by atoms with Crippen molar-refractivity contribution in [1.82, 2.24) is 10.2 Å². The number of alkyl halides is 3. The van der Waals surface area contributed by atoms with Crippen LogP contribution in [0.25, 0.3) is 0 Å². The maximum Gasteiger partial charge on any atom is 0.390 e. The van der Waals surface area contributed by atoms with Crippen LogP contribution in [0.1, 0.15) is 25.7 Å². The number of nitrogens with zero attached hydrogens (tertiary/aromatic N) is 1. The summed E-state index contributed by atoms with van der Waals surface area (Å²) in [4.78, 5) is 13.1. The fourth-order valence-corrected chi connectivity index (χ4v) is 1.72. The Labute approximate surface area is 111 Å². The highest BCUT2D eigenvalue weighted by Crippen LogP contribution is 2.21. The Balaban J connectivity index is 2.27. The van der Waals surface area contributed by atoms with Gasteiger partial charge in [0, 0.05) is 12.6 Å². The molecule has 1 aliphatic rings. The van der Waals surface area contributed by atoms with Gasteiger partial charge in [-0.15, -0.1) is 0 Å². The smallest absolute Gasteiger partial charge is 0.390 e. The molecule has 19 heavy (non-hydrogen) atoms. The number of halogens is 3.